The molecule has 124 valence electrons. The number of halogens is 2. The van der Waals surface area contributed by atoms with Crippen LogP contribution >= 0.6 is 31.9 Å². The predicted molar refractivity (Wildman–Crippen MR) is 120 cm³/mol. The molecule has 0 aromatic heterocycles. The van der Waals surface area contributed by atoms with Gasteiger partial charge in [-0.15, -0.1) is 0 Å². The second-order valence-electron chi connectivity index (χ2n) is 6.43. The molecule has 5 aromatic rings. The van der Waals surface area contributed by atoms with Crippen LogP contribution in [0.4, 0.5) is 0 Å². The van der Waals surface area contributed by atoms with E-state index in [0.29, 0.717) is 0 Å². The molecule has 0 atom stereocenters. The molecule has 0 heterocycles. The van der Waals surface area contributed by atoms with Crippen molar-refractivity contribution in [2.75, 3.05) is 0 Å². The third kappa shape index (κ3) is 2.33. The summed E-state index contributed by atoms with van der Waals surface area (Å²) in [5.74, 6) is 0. The second kappa shape index (κ2) is 6.22. The van der Waals surface area contributed by atoms with Crippen LogP contribution < -0.4 is 0 Å². The summed E-state index contributed by atoms with van der Waals surface area (Å²) in [4.78, 5) is 0. The van der Waals surface area contributed by atoms with Crippen LogP contribution in [0.2, 0.25) is 0 Å². The molecule has 26 heavy (non-hydrogen) atoms. The van der Waals surface area contributed by atoms with E-state index >= 15 is 0 Å². The zero-order valence-corrected chi connectivity index (χ0v) is 17.0. The Kier molecular flexibility index (Phi) is 3.84. The van der Waals surface area contributed by atoms with Crippen molar-refractivity contribution in [3.63, 3.8) is 0 Å². The fourth-order valence-corrected chi connectivity index (χ4v) is 4.85. The van der Waals surface area contributed by atoms with Crippen LogP contribution in [0.5, 0.6) is 0 Å². The highest BCUT2D eigenvalue weighted by Crippen LogP contribution is 2.46. The maximum atomic E-state index is 3.84. The van der Waals surface area contributed by atoms with E-state index in [2.05, 4.69) is 117 Å². The van der Waals surface area contributed by atoms with E-state index in [-0.39, 0.29) is 0 Å². The van der Waals surface area contributed by atoms with Crippen molar-refractivity contribution in [3.8, 4) is 11.1 Å². The Labute approximate surface area is 168 Å². The Bertz CT molecular complexity index is 1290. The summed E-state index contributed by atoms with van der Waals surface area (Å²) in [5.41, 5.74) is 2.45. The van der Waals surface area contributed by atoms with Crippen molar-refractivity contribution in [1.82, 2.24) is 0 Å². The molecular weight excluding hydrogens is 448 g/mol. The van der Waals surface area contributed by atoms with Crippen LogP contribution in [0.25, 0.3) is 43.4 Å². The molecule has 0 saturated heterocycles. The quantitative estimate of drug-likeness (QED) is 0.220. The lowest BCUT2D eigenvalue weighted by Gasteiger charge is -2.17. The number of fused-ring (bicyclic) bond motifs is 6. The standard InChI is InChI=1S/C24H14Br2/c25-21-14-20-18-12-5-4-10-16(18)17-11-6-7-13-19(17)23(20)22(24(21)26)15-8-2-1-3-9-15/h1-14H. The van der Waals surface area contributed by atoms with Crippen LogP contribution in [-0.4, -0.2) is 0 Å². The van der Waals surface area contributed by atoms with E-state index in [1.54, 1.807) is 0 Å². The maximum absolute atomic E-state index is 3.84. The minimum atomic E-state index is 1.07. The molecule has 0 spiro atoms. The Balaban J connectivity index is 2.14. The lowest BCUT2D eigenvalue weighted by Crippen LogP contribution is -1.89. The van der Waals surface area contributed by atoms with Crippen molar-refractivity contribution in [1.29, 1.82) is 0 Å². The zero-order valence-electron chi connectivity index (χ0n) is 13.8. The Hall–Kier alpha value is -2.16. The molecule has 0 aliphatic heterocycles. The van der Waals surface area contributed by atoms with E-state index in [9.17, 15) is 0 Å². The molecule has 0 N–H and O–H groups in total. The van der Waals surface area contributed by atoms with Crippen molar-refractivity contribution in [3.05, 3.63) is 93.9 Å². The van der Waals surface area contributed by atoms with Gasteiger partial charge in [-0.05, 0) is 75.8 Å². The molecule has 0 nitrogen and oxygen atoms in total. The van der Waals surface area contributed by atoms with Crippen molar-refractivity contribution in [2.24, 2.45) is 0 Å². The molecule has 0 aliphatic carbocycles. The number of hydrogen-bond acceptors (Lipinski definition) is 0. The van der Waals surface area contributed by atoms with Gasteiger partial charge in [0.05, 0.1) is 0 Å². The fraction of sp³-hybridized carbons (Fsp3) is 0. The normalized spacial score (nSPS) is 11.5. The molecule has 0 radical (unpaired) electrons. The molecule has 2 heteroatoms. The van der Waals surface area contributed by atoms with Gasteiger partial charge in [0, 0.05) is 14.5 Å². The van der Waals surface area contributed by atoms with Crippen molar-refractivity contribution >= 4 is 64.2 Å². The van der Waals surface area contributed by atoms with Crippen molar-refractivity contribution in [2.45, 2.75) is 0 Å². The van der Waals surface area contributed by atoms with E-state index in [1.807, 2.05) is 0 Å². The Morgan fingerprint density at radius 1 is 0.500 bits per heavy atom. The minimum absolute atomic E-state index is 1.07. The predicted octanol–water partition coefficient (Wildman–Crippen LogP) is 8.34. The van der Waals surface area contributed by atoms with E-state index in [0.717, 1.165) is 8.95 Å². The van der Waals surface area contributed by atoms with Crippen LogP contribution in [0, 0.1) is 0 Å². The van der Waals surface area contributed by atoms with Crippen molar-refractivity contribution < 1.29 is 0 Å². The molecule has 0 bridgehead atoms. The highest BCUT2D eigenvalue weighted by atomic mass is 79.9. The zero-order chi connectivity index (χ0) is 17.7. The van der Waals surface area contributed by atoms with Crippen LogP contribution in [0.15, 0.2) is 93.9 Å². The first kappa shape index (κ1) is 16.0. The third-order valence-electron chi connectivity index (χ3n) is 4.99. The van der Waals surface area contributed by atoms with Crippen LogP contribution in [0.1, 0.15) is 0 Å². The summed E-state index contributed by atoms with van der Waals surface area (Å²) in [6.07, 6.45) is 0. The van der Waals surface area contributed by atoms with Gasteiger partial charge < -0.3 is 0 Å². The highest BCUT2D eigenvalue weighted by Gasteiger charge is 2.17. The Morgan fingerprint density at radius 2 is 1.00 bits per heavy atom. The largest absolute Gasteiger partial charge is 0.0622 e. The van der Waals surface area contributed by atoms with Gasteiger partial charge in [0.15, 0.2) is 0 Å². The van der Waals surface area contributed by atoms with Gasteiger partial charge in [0.25, 0.3) is 0 Å². The number of benzene rings is 5. The van der Waals surface area contributed by atoms with Gasteiger partial charge in [0.1, 0.15) is 0 Å². The molecule has 0 saturated carbocycles. The van der Waals surface area contributed by atoms with E-state index < -0.39 is 0 Å². The van der Waals surface area contributed by atoms with Gasteiger partial charge in [-0.3, -0.25) is 0 Å². The molecule has 0 aliphatic rings. The highest BCUT2D eigenvalue weighted by molar-refractivity contribution is 9.13. The van der Waals surface area contributed by atoms with E-state index in [1.165, 1.54) is 43.4 Å². The topological polar surface area (TPSA) is 0 Å². The van der Waals surface area contributed by atoms with Crippen LogP contribution in [0.3, 0.4) is 0 Å². The number of hydrogen-bond donors (Lipinski definition) is 0. The lowest BCUT2D eigenvalue weighted by atomic mass is 9.89. The van der Waals surface area contributed by atoms with E-state index in [4.69, 9.17) is 0 Å². The summed E-state index contributed by atoms with van der Waals surface area (Å²) < 4.78 is 2.17. The summed E-state index contributed by atoms with van der Waals surface area (Å²) in [5, 5.41) is 7.72. The lowest BCUT2D eigenvalue weighted by molar-refractivity contribution is 1.60. The average molecular weight is 462 g/mol. The first-order chi connectivity index (χ1) is 12.8. The number of rotatable bonds is 1. The minimum Gasteiger partial charge on any atom is -0.0622 e. The van der Waals surface area contributed by atoms with Gasteiger partial charge in [0.2, 0.25) is 0 Å². The Morgan fingerprint density at radius 3 is 1.65 bits per heavy atom. The van der Waals surface area contributed by atoms with Gasteiger partial charge in [-0.1, -0.05) is 78.9 Å². The van der Waals surface area contributed by atoms with Gasteiger partial charge >= 0.3 is 0 Å². The summed E-state index contributed by atoms with van der Waals surface area (Å²) in [6.45, 7) is 0. The average Bonchev–Trinajstić information content (AvgIpc) is 2.70. The third-order valence-corrected chi connectivity index (χ3v) is 6.97. The molecule has 0 unspecified atom stereocenters. The van der Waals surface area contributed by atoms with Gasteiger partial charge in [-0.25, -0.2) is 0 Å². The molecule has 5 aromatic carbocycles. The van der Waals surface area contributed by atoms with Gasteiger partial charge in [-0.2, -0.15) is 0 Å². The first-order valence-corrected chi connectivity index (χ1v) is 10.1. The smallest absolute Gasteiger partial charge is 0.0402 e. The first-order valence-electron chi connectivity index (χ1n) is 8.52. The molecule has 0 fully saturated rings. The SMILES string of the molecule is Brc1cc2c3ccccc3c3ccccc3c2c(-c2ccccc2)c1Br. The summed E-state index contributed by atoms with van der Waals surface area (Å²) >= 11 is 7.61. The molecule has 0 amide bonds. The molecular formula is C24H14Br2. The molecule has 5 rings (SSSR count). The fourth-order valence-electron chi connectivity index (χ4n) is 3.88. The summed E-state index contributed by atoms with van der Waals surface area (Å²) in [7, 11) is 0. The monoisotopic (exact) mass is 460 g/mol. The van der Waals surface area contributed by atoms with Crippen LogP contribution in [-0.2, 0) is 0 Å². The second-order valence-corrected chi connectivity index (χ2v) is 8.07. The summed E-state index contributed by atoms with van der Waals surface area (Å²) in [6, 6.07) is 30.2. The maximum Gasteiger partial charge on any atom is 0.0402 e.